The van der Waals surface area contributed by atoms with E-state index in [2.05, 4.69) is 5.32 Å². The van der Waals surface area contributed by atoms with Crippen molar-refractivity contribution in [3.05, 3.63) is 71.7 Å². The SMILES string of the molecule is CCc1nn(-c2ccccc2)c(Oc2ccccc2F)c1CCC(=O)NC1CC1. The van der Waals surface area contributed by atoms with Gasteiger partial charge in [0.05, 0.1) is 11.4 Å². The molecule has 1 N–H and O–H groups in total. The summed E-state index contributed by atoms with van der Waals surface area (Å²) >= 11 is 0. The topological polar surface area (TPSA) is 56.2 Å². The maximum absolute atomic E-state index is 14.3. The summed E-state index contributed by atoms with van der Waals surface area (Å²) in [6.07, 6.45) is 3.63. The second kappa shape index (κ2) is 8.47. The van der Waals surface area contributed by atoms with Gasteiger partial charge in [-0.3, -0.25) is 4.79 Å². The Labute approximate surface area is 169 Å². The number of aryl methyl sites for hydroxylation is 1. The minimum Gasteiger partial charge on any atom is -0.436 e. The molecule has 0 spiro atoms. The van der Waals surface area contributed by atoms with E-state index in [9.17, 15) is 9.18 Å². The molecule has 1 saturated carbocycles. The Hall–Kier alpha value is -3.15. The van der Waals surface area contributed by atoms with Gasteiger partial charge in [-0.25, -0.2) is 9.07 Å². The van der Waals surface area contributed by atoms with E-state index in [4.69, 9.17) is 9.84 Å². The van der Waals surface area contributed by atoms with E-state index in [1.165, 1.54) is 6.07 Å². The number of rotatable bonds is 8. The van der Waals surface area contributed by atoms with Crippen LogP contribution in [0.5, 0.6) is 11.6 Å². The molecule has 0 aliphatic heterocycles. The van der Waals surface area contributed by atoms with E-state index in [0.29, 0.717) is 31.2 Å². The van der Waals surface area contributed by atoms with Crippen molar-refractivity contribution >= 4 is 5.91 Å². The van der Waals surface area contributed by atoms with E-state index in [1.54, 1.807) is 22.9 Å². The number of nitrogens with zero attached hydrogens (tertiary/aromatic N) is 2. The molecule has 0 bridgehead atoms. The van der Waals surface area contributed by atoms with E-state index in [0.717, 1.165) is 29.8 Å². The molecule has 1 fully saturated rings. The summed E-state index contributed by atoms with van der Waals surface area (Å²) in [6.45, 7) is 2.01. The van der Waals surface area contributed by atoms with Gasteiger partial charge in [0.25, 0.3) is 0 Å². The molecule has 1 aliphatic rings. The van der Waals surface area contributed by atoms with Gasteiger partial charge in [0.1, 0.15) is 0 Å². The molecule has 1 aliphatic carbocycles. The van der Waals surface area contributed by atoms with Crippen LogP contribution in [0, 0.1) is 5.82 Å². The van der Waals surface area contributed by atoms with Crippen molar-refractivity contribution in [3.63, 3.8) is 0 Å². The highest BCUT2D eigenvalue weighted by atomic mass is 19.1. The van der Waals surface area contributed by atoms with E-state index >= 15 is 0 Å². The highest BCUT2D eigenvalue weighted by molar-refractivity contribution is 5.77. The fourth-order valence-corrected chi connectivity index (χ4v) is 3.26. The first-order valence-electron chi connectivity index (χ1n) is 10.0. The van der Waals surface area contributed by atoms with Crippen LogP contribution in [0.4, 0.5) is 4.39 Å². The van der Waals surface area contributed by atoms with Gasteiger partial charge in [-0.2, -0.15) is 5.10 Å². The molecule has 1 heterocycles. The first-order chi connectivity index (χ1) is 14.2. The van der Waals surface area contributed by atoms with Gasteiger partial charge in [-0.05, 0) is 49.9 Å². The van der Waals surface area contributed by atoms with Gasteiger partial charge in [-0.1, -0.05) is 37.3 Å². The molecule has 6 heteroatoms. The van der Waals surface area contributed by atoms with Crippen molar-refractivity contribution in [2.45, 2.75) is 45.1 Å². The Morgan fingerprint density at radius 3 is 2.59 bits per heavy atom. The average Bonchev–Trinajstić information content (AvgIpc) is 3.48. The summed E-state index contributed by atoms with van der Waals surface area (Å²) in [5, 5.41) is 7.72. The molecule has 29 heavy (non-hydrogen) atoms. The summed E-state index contributed by atoms with van der Waals surface area (Å²) in [5.41, 5.74) is 2.51. The summed E-state index contributed by atoms with van der Waals surface area (Å²) in [4.78, 5) is 12.2. The number of benzene rings is 2. The van der Waals surface area contributed by atoms with Crippen LogP contribution in [0.15, 0.2) is 54.6 Å². The number of halogens is 1. The number of hydrogen-bond donors (Lipinski definition) is 1. The fourth-order valence-electron chi connectivity index (χ4n) is 3.26. The van der Waals surface area contributed by atoms with Crippen LogP contribution in [0.1, 0.15) is 37.4 Å². The van der Waals surface area contributed by atoms with E-state index in [-0.39, 0.29) is 11.7 Å². The second-order valence-electron chi connectivity index (χ2n) is 7.21. The van der Waals surface area contributed by atoms with Crippen molar-refractivity contribution in [2.75, 3.05) is 0 Å². The number of aromatic nitrogens is 2. The molecule has 0 atom stereocenters. The molecule has 1 amide bonds. The summed E-state index contributed by atoms with van der Waals surface area (Å²) in [5.74, 6) is 0.177. The van der Waals surface area contributed by atoms with E-state index in [1.807, 2.05) is 37.3 Å². The Morgan fingerprint density at radius 1 is 1.17 bits per heavy atom. The number of hydrogen-bond acceptors (Lipinski definition) is 3. The lowest BCUT2D eigenvalue weighted by Crippen LogP contribution is -2.25. The lowest BCUT2D eigenvalue weighted by atomic mass is 10.1. The number of para-hydroxylation sites is 2. The average molecular weight is 393 g/mol. The van der Waals surface area contributed by atoms with Gasteiger partial charge in [0.15, 0.2) is 11.6 Å². The number of amides is 1. The summed E-state index contributed by atoms with van der Waals surface area (Å²) in [6, 6.07) is 16.2. The first kappa shape index (κ1) is 19.2. The van der Waals surface area contributed by atoms with Gasteiger partial charge < -0.3 is 10.1 Å². The van der Waals surface area contributed by atoms with Crippen molar-refractivity contribution < 1.29 is 13.9 Å². The Kier molecular flexibility index (Phi) is 5.60. The number of carbonyl (C=O) groups is 1. The molecule has 0 radical (unpaired) electrons. The molecular weight excluding hydrogens is 369 g/mol. The standard InChI is InChI=1S/C23H24FN3O2/c1-2-20-18(14-15-22(28)25-16-12-13-16)23(29-21-11-7-6-10-19(21)24)27(26-20)17-8-4-3-5-9-17/h3-11,16H,2,12-15H2,1H3,(H,25,28). The van der Waals surface area contributed by atoms with Crippen molar-refractivity contribution in [1.29, 1.82) is 0 Å². The maximum Gasteiger partial charge on any atom is 0.226 e. The Morgan fingerprint density at radius 2 is 1.90 bits per heavy atom. The Bertz CT molecular complexity index is 997. The molecule has 1 aromatic heterocycles. The molecule has 0 unspecified atom stereocenters. The largest absolute Gasteiger partial charge is 0.436 e. The molecule has 3 aromatic rings. The third kappa shape index (κ3) is 4.47. The smallest absolute Gasteiger partial charge is 0.226 e. The zero-order valence-electron chi connectivity index (χ0n) is 16.4. The first-order valence-corrected chi connectivity index (χ1v) is 10.0. The normalized spacial score (nSPS) is 13.3. The Balaban J connectivity index is 1.70. The zero-order valence-corrected chi connectivity index (χ0v) is 16.4. The lowest BCUT2D eigenvalue weighted by molar-refractivity contribution is -0.121. The molecule has 150 valence electrons. The monoisotopic (exact) mass is 393 g/mol. The molecule has 4 rings (SSSR count). The van der Waals surface area contributed by atoms with Crippen LogP contribution in [-0.2, 0) is 17.6 Å². The van der Waals surface area contributed by atoms with Crippen LogP contribution in [0.25, 0.3) is 5.69 Å². The third-order valence-electron chi connectivity index (χ3n) is 4.94. The molecule has 5 nitrogen and oxygen atoms in total. The predicted octanol–water partition coefficient (Wildman–Crippen LogP) is 4.58. The highest BCUT2D eigenvalue weighted by Crippen LogP contribution is 2.33. The van der Waals surface area contributed by atoms with Gasteiger partial charge in [0.2, 0.25) is 11.8 Å². The van der Waals surface area contributed by atoms with Gasteiger partial charge in [0, 0.05) is 18.0 Å². The van der Waals surface area contributed by atoms with Crippen LogP contribution in [0.2, 0.25) is 0 Å². The fraction of sp³-hybridized carbons (Fsp3) is 0.304. The minimum atomic E-state index is -0.441. The van der Waals surface area contributed by atoms with E-state index < -0.39 is 5.82 Å². The summed E-state index contributed by atoms with van der Waals surface area (Å²) < 4.78 is 22.0. The van der Waals surface area contributed by atoms with Gasteiger partial charge in [-0.15, -0.1) is 0 Å². The van der Waals surface area contributed by atoms with Crippen molar-refractivity contribution in [2.24, 2.45) is 0 Å². The lowest BCUT2D eigenvalue weighted by Gasteiger charge is -2.12. The molecular formula is C23H24FN3O2. The van der Waals surface area contributed by atoms with Crippen molar-refractivity contribution in [1.82, 2.24) is 15.1 Å². The molecule has 0 saturated heterocycles. The summed E-state index contributed by atoms with van der Waals surface area (Å²) in [7, 11) is 0. The molecule has 2 aromatic carbocycles. The number of ether oxygens (including phenoxy) is 1. The van der Waals surface area contributed by atoms with Crippen LogP contribution < -0.4 is 10.1 Å². The van der Waals surface area contributed by atoms with Crippen LogP contribution in [-0.4, -0.2) is 21.7 Å². The van der Waals surface area contributed by atoms with Crippen LogP contribution >= 0.6 is 0 Å². The highest BCUT2D eigenvalue weighted by Gasteiger charge is 2.25. The quantitative estimate of drug-likeness (QED) is 0.610. The third-order valence-corrected chi connectivity index (χ3v) is 4.94. The minimum absolute atomic E-state index is 0.0267. The second-order valence-corrected chi connectivity index (χ2v) is 7.21. The zero-order chi connectivity index (χ0) is 20.2. The number of nitrogens with one attached hydrogen (secondary N) is 1. The van der Waals surface area contributed by atoms with Gasteiger partial charge >= 0.3 is 0 Å². The van der Waals surface area contributed by atoms with Crippen molar-refractivity contribution in [3.8, 4) is 17.3 Å². The predicted molar refractivity (Wildman–Crippen MR) is 109 cm³/mol. The maximum atomic E-state index is 14.3. The van der Waals surface area contributed by atoms with Crippen LogP contribution in [0.3, 0.4) is 0 Å². The number of carbonyl (C=O) groups excluding carboxylic acids is 1.